The van der Waals surface area contributed by atoms with E-state index in [9.17, 15) is 4.79 Å². The molecule has 0 radical (unpaired) electrons. The van der Waals surface area contributed by atoms with Gasteiger partial charge in [-0.1, -0.05) is 49.0 Å². The molecule has 0 aliphatic carbocycles. The summed E-state index contributed by atoms with van der Waals surface area (Å²) in [6.07, 6.45) is 2.85. The number of aromatic nitrogens is 4. The second-order valence-electron chi connectivity index (χ2n) is 6.41. The average molecular weight is 381 g/mol. The topological polar surface area (TPSA) is 63.6 Å². The lowest BCUT2D eigenvalue weighted by Gasteiger charge is -2.05. The van der Waals surface area contributed by atoms with Crippen molar-refractivity contribution in [3.05, 3.63) is 65.5 Å². The van der Waals surface area contributed by atoms with Crippen molar-refractivity contribution in [2.24, 2.45) is 0 Å². The van der Waals surface area contributed by atoms with Crippen molar-refractivity contribution in [1.82, 2.24) is 19.7 Å². The Morgan fingerprint density at radius 3 is 2.70 bits per heavy atom. The van der Waals surface area contributed by atoms with Crippen LogP contribution in [0.25, 0.3) is 11.4 Å². The van der Waals surface area contributed by atoms with Crippen LogP contribution in [0.5, 0.6) is 0 Å². The number of aryl methyl sites for hydroxylation is 2. The van der Waals surface area contributed by atoms with E-state index in [1.54, 1.807) is 0 Å². The van der Waals surface area contributed by atoms with Crippen LogP contribution in [-0.4, -0.2) is 31.3 Å². The van der Waals surface area contributed by atoms with Gasteiger partial charge in [-0.25, -0.2) is 4.98 Å². The average Bonchev–Trinajstić information content (AvgIpc) is 3.26. The molecule has 0 fully saturated rings. The van der Waals surface area contributed by atoms with E-state index in [1.165, 1.54) is 17.3 Å². The molecule has 0 saturated carbocycles. The Hall–Kier alpha value is -2.60. The number of benzene rings is 1. The highest BCUT2D eigenvalue weighted by Crippen LogP contribution is 2.22. The van der Waals surface area contributed by atoms with Gasteiger partial charge in [-0.2, -0.15) is 0 Å². The fourth-order valence-corrected chi connectivity index (χ4v) is 3.72. The highest BCUT2D eigenvalue weighted by Gasteiger charge is 2.16. The zero-order chi connectivity index (χ0) is 19.4. The molecule has 0 aliphatic rings. The third-order valence-electron chi connectivity index (χ3n) is 4.62. The fourth-order valence-electron chi connectivity index (χ4n) is 3.04. The van der Waals surface area contributed by atoms with Crippen molar-refractivity contribution in [2.45, 2.75) is 38.9 Å². The number of carbonyl (C=O) groups excluding carboxylic acids is 1. The highest BCUT2D eigenvalue weighted by molar-refractivity contribution is 7.99. The van der Waals surface area contributed by atoms with Crippen LogP contribution in [0.4, 0.5) is 0 Å². The largest absolute Gasteiger partial charge is 0.345 e. The molecule has 0 amide bonds. The predicted molar refractivity (Wildman–Crippen MR) is 110 cm³/mol. The molecule has 0 bridgehead atoms. The predicted octanol–water partition coefficient (Wildman–Crippen LogP) is 4.61. The molecule has 0 aliphatic heterocycles. The van der Waals surface area contributed by atoms with Crippen molar-refractivity contribution >= 4 is 17.5 Å². The van der Waals surface area contributed by atoms with Crippen LogP contribution in [0.15, 0.2) is 48.1 Å². The van der Waals surface area contributed by atoms with E-state index in [2.05, 4.69) is 45.4 Å². The van der Waals surface area contributed by atoms with E-state index in [0.717, 1.165) is 34.8 Å². The van der Waals surface area contributed by atoms with Crippen molar-refractivity contribution in [1.29, 1.82) is 0 Å². The minimum Gasteiger partial charge on any atom is -0.345 e. The first-order valence-electron chi connectivity index (χ1n) is 8.98. The monoisotopic (exact) mass is 380 g/mol. The quantitative estimate of drug-likeness (QED) is 0.352. The lowest BCUT2D eigenvalue weighted by Crippen LogP contribution is -2.06. The van der Waals surface area contributed by atoms with Gasteiger partial charge in [-0.3, -0.25) is 9.89 Å². The third kappa shape index (κ3) is 4.22. The van der Waals surface area contributed by atoms with Crippen molar-refractivity contribution in [3.63, 3.8) is 0 Å². The smallest absolute Gasteiger partial charge is 0.209 e. The number of hydrogen-bond donors (Lipinski definition) is 1. The minimum absolute atomic E-state index is 0.0852. The molecule has 0 spiro atoms. The van der Waals surface area contributed by atoms with Crippen LogP contribution in [0.2, 0.25) is 0 Å². The maximum absolute atomic E-state index is 12.6. The number of carbonyl (C=O) groups is 1. The Labute approximate surface area is 163 Å². The Balaban J connectivity index is 1.67. The van der Waals surface area contributed by atoms with Gasteiger partial charge in [-0.05, 0) is 31.9 Å². The number of Topliss-reactive ketones (excluding diaryl/α,β-unsaturated/α-hetero) is 1. The number of hydrogen-bond acceptors (Lipinski definition) is 4. The van der Waals surface area contributed by atoms with Gasteiger partial charge < -0.3 is 4.57 Å². The number of nitrogens with zero attached hydrogens (tertiary/aromatic N) is 3. The molecule has 0 saturated heterocycles. The Kier molecular flexibility index (Phi) is 5.96. The molecule has 3 aromatic rings. The summed E-state index contributed by atoms with van der Waals surface area (Å²) in [6, 6.07) is 10.2. The zero-order valence-electron chi connectivity index (χ0n) is 16.0. The van der Waals surface area contributed by atoms with Crippen molar-refractivity contribution < 1.29 is 4.79 Å². The van der Waals surface area contributed by atoms with Crippen LogP contribution < -0.4 is 0 Å². The number of thioether (sulfide) groups is 1. The van der Waals surface area contributed by atoms with E-state index in [4.69, 9.17) is 0 Å². The summed E-state index contributed by atoms with van der Waals surface area (Å²) in [7, 11) is 0. The Morgan fingerprint density at radius 2 is 2.04 bits per heavy atom. The number of nitrogens with one attached hydrogen (secondary N) is 1. The molecule has 0 unspecified atom stereocenters. The molecular formula is C21H24N4OS. The lowest BCUT2D eigenvalue weighted by atomic mass is 10.1. The Bertz CT molecular complexity index is 953. The molecule has 0 atom stereocenters. The molecule has 2 heterocycles. The molecular weight excluding hydrogens is 356 g/mol. The molecule has 2 aromatic heterocycles. The van der Waals surface area contributed by atoms with Crippen LogP contribution in [0.3, 0.4) is 0 Å². The van der Waals surface area contributed by atoms with Crippen LogP contribution in [0, 0.1) is 13.8 Å². The maximum Gasteiger partial charge on any atom is 0.209 e. The van der Waals surface area contributed by atoms with Gasteiger partial charge in [0.05, 0.1) is 5.75 Å². The first kappa shape index (κ1) is 19.2. The van der Waals surface area contributed by atoms with E-state index < -0.39 is 0 Å². The molecule has 27 heavy (non-hydrogen) atoms. The summed E-state index contributed by atoms with van der Waals surface area (Å²) < 4.78 is 2.09. The van der Waals surface area contributed by atoms with Crippen molar-refractivity contribution in [2.75, 3.05) is 5.75 Å². The van der Waals surface area contributed by atoms with Gasteiger partial charge in [0.25, 0.3) is 0 Å². The van der Waals surface area contributed by atoms with Crippen LogP contribution in [0.1, 0.15) is 34.2 Å². The lowest BCUT2D eigenvalue weighted by molar-refractivity contribution is 0.102. The number of H-pyrrole nitrogens is 1. The van der Waals surface area contributed by atoms with Gasteiger partial charge in [0, 0.05) is 29.1 Å². The van der Waals surface area contributed by atoms with Gasteiger partial charge in [0.15, 0.2) is 11.6 Å². The van der Waals surface area contributed by atoms with Gasteiger partial charge in [0.1, 0.15) is 0 Å². The molecule has 140 valence electrons. The third-order valence-corrected chi connectivity index (χ3v) is 5.47. The standard InChI is InChI=1S/C21H24N4OS/c1-5-11-25-14(3)12-18(15(25)4)19(26)13-27-21-22-20(23-24-21)17-9-7-16(6-2)8-10-17/h5,7-10,12H,1,6,11,13H2,2-4H3,(H,22,23,24). The second kappa shape index (κ2) is 8.39. The molecule has 3 rings (SSSR count). The number of ketones is 1. The van der Waals surface area contributed by atoms with E-state index in [0.29, 0.717) is 17.5 Å². The summed E-state index contributed by atoms with van der Waals surface area (Å²) in [6.45, 7) is 10.6. The number of allylic oxidation sites excluding steroid dienone is 1. The summed E-state index contributed by atoms with van der Waals surface area (Å²) in [5.74, 6) is 1.11. The van der Waals surface area contributed by atoms with E-state index in [1.807, 2.05) is 38.1 Å². The molecule has 5 nitrogen and oxygen atoms in total. The number of rotatable bonds is 8. The van der Waals surface area contributed by atoms with Crippen LogP contribution in [-0.2, 0) is 13.0 Å². The SMILES string of the molecule is C=CCn1c(C)cc(C(=O)CSc2n[nH]c(-c3ccc(CC)cc3)n2)c1C. The van der Waals surface area contributed by atoms with Gasteiger partial charge in [0.2, 0.25) is 5.16 Å². The van der Waals surface area contributed by atoms with Gasteiger partial charge >= 0.3 is 0 Å². The highest BCUT2D eigenvalue weighted by atomic mass is 32.2. The maximum atomic E-state index is 12.6. The fraction of sp³-hybridized carbons (Fsp3) is 0.286. The Morgan fingerprint density at radius 1 is 1.30 bits per heavy atom. The first-order chi connectivity index (χ1) is 13.0. The molecule has 1 N–H and O–H groups in total. The first-order valence-corrected chi connectivity index (χ1v) is 9.97. The number of aromatic amines is 1. The molecule has 6 heteroatoms. The van der Waals surface area contributed by atoms with Gasteiger partial charge in [-0.15, -0.1) is 11.7 Å². The summed E-state index contributed by atoms with van der Waals surface area (Å²) >= 11 is 1.35. The second-order valence-corrected chi connectivity index (χ2v) is 7.36. The van der Waals surface area contributed by atoms with Crippen molar-refractivity contribution in [3.8, 4) is 11.4 Å². The zero-order valence-corrected chi connectivity index (χ0v) is 16.8. The summed E-state index contributed by atoms with van der Waals surface area (Å²) in [5, 5.41) is 7.77. The minimum atomic E-state index is 0.0852. The molecule has 1 aromatic carbocycles. The van der Waals surface area contributed by atoms with E-state index in [-0.39, 0.29) is 5.78 Å². The summed E-state index contributed by atoms with van der Waals surface area (Å²) in [5.41, 5.74) is 5.08. The van der Waals surface area contributed by atoms with E-state index >= 15 is 0 Å². The van der Waals surface area contributed by atoms with Crippen LogP contribution >= 0.6 is 11.8 Å². The normalized spacial score (nSPS) is 10.9. The summed E-state index contributed by atoms with van der Waals surface area (Å²) in [4.78, 5) is 17.1.